The summed E-state index contributed by atoms with van der Waals surface area (Å²) in [7, 11) is 3.94. The molecule has 0 fully saturated rings. The van der Waals surface area contributed by atoms with Gasteiger partial charge in [-0.15, -0.1) is 0 Å². The van der Waals surface area contributed by atoms with Gasteiger partial charge in [-0.1, -0.05) is 29.8 Å². The van der Waals surface area contributed by atoms with Gasteiger partial charge in [-0.25, -0.2) is 5.43 Å². The zero-order valence-electron chi connectivity index (χ0n) is 25.1. The minimum Gasteiger partial charge on any atom is -0.488 e. The quantitative estimate of drug-likeness (QED) is 0.136. The number of aromatic nitrogens is 1. The fourth-order valence-electron chi connectivity index (χ4n) is 4.71. The largest absolute Gasteiger partial charge is 0.488 e. The molecule has 0 saturated carbocycles. The molecule has 1 N–H and O–H groups in total. The summed E-state index contributed by atoms with van der Waals surface area (Å²) in [4.78, 5) is 14.7. The van der Waals surface area contributed by atoms with Crippen molar-refractivity contribution in [1.82, 2.24) is 9.99 Å². The molecule has 0 unspecified atom stereocenters. The van der Waals surface area contributed by atoms with Crippen molar-refractivity contribution in [3.63, 3.8) is 0 Å². The van der Waals surface area contributed by atoms with E-state index in [1.807, 2.05) is 73.6 Å². The molecule has 2 aromatic heterocycles. The molecule has 8 heteroatoms. The van der Waals surface area contributed by atoms with Gasteiger partial charge in [0.1, 0.15) is 30.5 Å². The molecule has 220 valence electrons. The Labute approximate surface area is 252 Å². The lowest BCUT2D eigenvalue weighted by atomic mass is 10.1. The Balaban J connectivity index is 1.18. The van der Waals surface area contributed by atoms with Crippen LogP contribution in [0.4, 0.5) is 5.69 Å². The van der Waals surface area contributed by atoms with Gasteiger partial charge in [-0.05, 0) is 87.0 Å². The zero-order valence-corrected chi connectivity index (χ0v) is 25.1. The molecule has 43 heavy (non-hydrogen) atoms. The summed E-state index contributed by atoms with van der Waals surface area (Å²) in [5.41, 5.74) is 9.93. The van der Waals surface area contributed by atoms with Gasteiger partial charge in [-0.3, -0.25) is 4.79 Å². The highest BCUT2D eigenvalue weighted by atomic mass is 16.5. The number of hydrazone groups is 1. The molecule has 0 bridgehead atoms. The summed E-state index contributed by atoms with van der Waals surface area (Å²) in [6, 6.07) is 29.4. The van der Waals surface area contributed by atoms with E-state index in [0.717, 1.165) is 22.5 Å². The van der Waals surface area contributed by atoms with Crippen LogP contribution in [-0.2, 0) is 13.2 Å². The van der Waals surface area contributed by atoms with Gasteiger partial charge in [0.25, 0.3) is 0 Å². The number of amides is 1. The molecule has 0 aliphatic heterocycles. The van der Waals surface area contributed by atoms with Crippen LogP contribution in [0.3, 0.4) is 0 Å². The first-order valence-corrected chi connectivity index (χ1v) is 14.1. The first kappa shape index (κ1) is 29.3. The van der Waals surface area contributed by atoms with Crippen LogP contribution in [0.5, 0.6) is 11.5 Å². The van der Waals surface area contributed by atoms with Gasteiger partial charge in [0.05, 0.1) is 6.21 Å². The maximum absolute atomic E-state index is 12.7. The number of benzene rings is 3. The van der Waals surface area contributed by atoms with Crippen molar-refractivity contribution in [2.75, 3.05) is 19.0 Å². The van der Waals surface area contributed by atoms with E-state index in [1.54, 1.807) is 18.3 Å². The van der Waals surface area contributed by atoms with Crippen LogP contribution in [0.15, 0.2) is 101 Å². The molecule has 2 heterocycles. The van der Waals surface area contributed by atoms with Crippen LogP contribution in [0, 0.1) is 20.8 Å². The number of carbonyl (C=O) groups is 1. The Bertz CT molecular complexity index is 1710. The molecule has 0 saturated heterocycles. The summed E-state index contributed by atoms with van der Waals surface area (Å²) < 4.78 is 19.9. The van der Waals surface area contributed by atoms with Crippen molar-refractivity contribution in [3.05, 3.63) is 131 Å². The lowest BCUT2D eigenvalue weighted by Crippen LogP contribution is -2.17. The molecule has 5 aromatic rings. The Morgan fingerprint density at radius 2 is 1.65 bits per heavy atom. The average Bonchev–Trinajstić information content (AvgIpc) is 3.61. The van der Waals surface area contributed by atoms with Crippen molar-refractivity contribution >= 4 is 17.8 Å². The predicted molar refractivity (Wildman–Crippen MR) is 170 cm³/mol. The number of ether oxygens (including phenoxy) is 2. The minimum atomic E-state index is -0.462. The third kappa shape index (κ3) is 7.35. The van der Waals surface area contributed by atoms with Crippen LogP contribution >= 0.6 is 0 Å². The van der Waals surface area contributed by atoms with E-state index in [4.69, 9.17) is 13.9 Å². The van der Waals surface area contributed by atoms with Crippen molar-refractivity contribution in [2.24, 2.45) is 5.10 Å². The lowest BCUT2D eigenvalue weighted by molar-refractivity contribution is 0.0923. The van der Waals surface area contributed by atoms with Gasteiger partial charge in [0, 0.05) is 48.5 Å². The Morgan fingerprint density at radius 1 is 0.884 bits per heavy atom. The maximum Gasteiger partial charge on any atom is 0.307 e. The number of hydrogen-bond acceptors (Lipinski definition) is 6. The monoisotopic (exact) mass is 576 g/mol. The van der Waals surface area contributed by atoms with Crippen molar-refractivity contribution < 1.29 is 18.7 Å². The summed E-state index contributed by atoms with van der Waals surface area (Å²) in [5.74, 6) is 1.58. The summed E-state index contributed by atoms with van der Waals surface area (Å²) in [5, 5.41) is 4.16. The van der Waals surface area contributed by atoms with E-state index in [-0.39, 0.29) is 12.4 Å². The van der Waals surface area contributed by atoms with Gasteiger partial charge < -0.3 is 23.4 Å². The summed E-state index contributed by atoms with van der Waals surface area (Å²) in [6.07, 6.45) is 1.57. The van der Waals surface area contributed by atoms with Crippen LogP contribution in [0.2, 0.25) is 0 Å². The molecule has 1 amide bonds. The van der Waals surface area contributed by atoms with Crippen LogP contribution < -0.4 is 19.8 Å². The van der Waals surface area contributed by atoms with E-state index in [0.29, 0.717) is 23.9 Å². The number of nitrogens with zero attached hydrogens (tertiary/aromatic N) is 3. The smallest absolute Gasteiger partial charge is 0.307 e. The second kappa shape index (κ2) is 13.2. The van der Waals surface area contributed by atoms with Crippen LogP contribution in [0.1, 0.15) is 44.4 Å². The van der Waals surface area contributed by atoms with Gasteiger partial charge in [0.15, 0.2) is 5.76 Å². The molecule has 5 rings (SSSR count). The average molecular weight is 577 g/mol. The highest BCUT2D eigenvalue weighted by Gasteiger charge is 2.12. The molecule has 8 nitrogen and oxygen atoms in total. The Kier molecular flexibility index (Phi) is 8.96. The van der Waals surface area contributed by atoms with Gasteiger partial charge in [-0.2, -0.15) is 5.10 Å². The zero-order chi connectivity index (χ0) is 30.3. The van der Waals surface area contributed by atoms with Crippen LogP contribution in [0.25, 0.3) is 5.69 Å². The molecule has 0 atom stereocenters. The Hall–Kier alpha value is -5.24. The first-order valence-electron chi connectivity index (χ1n) is 14.1. The molecule has 3 aromatic carbocycles. The molecular formula is C35H36N4O4. The second-order valence-corrected chi connectivity index (χ2v) is 10.6. The Morgan fingerprint density at radius 3 is 2.37 bits per heavy atom. The summed E-state index contributed by atoms with van der Waals surface area (Å²) in [6.45, 7) is 6.82. The van der Waals surface area contributed by atoms with Gasteiger partial charge >= 0.3 is 5.91 Å². The highest BCUT2D eigenvalue weighted by molar-refractivity contribution is 5.93. The third-order valence-electron chi connectivity index (χ3n) is 6.99. The number of rotatable bonds is 11. The number of carbonyl (C=O) groups excluding carboxylic acids is 1. The van der Waals surface area contributed by atoms with E-state index in [2.05, 4.69) is 60.1 Å². The standard InChI is InChI=1S/C35H36N4O4/c1-24-7-6-8-27(19-24)22-42-34-20-30(38(4)5)12-11-28(34)21-36-37-35(40)33-18-17-32(43-33)23-41-31-15-13-29(14-16-31)39-25(2)9-10-26(39)3/h6-21H,22-23H2,1-5H3,(H,37,40)/b36-21+. The maximum atomic E-state index is 12.7. The third-order valence-corrected chi connectivity index (χ3v) is 6.99. The second-order valence-electron chi connectivity index (χ2n) is 10.6. The number of anilines is 1. The first-order chi connectivity index (χ1) is 20.8. The number of nitrogens with one attached hydrogen (secondary N) is 1. The van der Waals surface area contributed by atoms with E-state index < -0.39 is 5.91 Å². The lowest BCUT2D eigenvalue weighted by Gasteiger charge is -2.16. The fourth-order valence-corrected chi connectivity index (χ4v) is 4.71. The molecule has 0 radical (unpaired) electrons. The topological polar surface area (TPSA) is 81.2 Å². The van der Waals surface area contributed by atoms with Crippen LogP contribution in [-0.4, -0.2) is 30.8 Å². The molecular weight excluding hydrogens is 540 g/mol. The summed E-state index contributed by atoms with van der Waals surface area (Å²) >= 11 is 0. The normalized spacial score (nSPS) is 11.1. The molecule has 0 aliphatic rings. The fraction of sp³-hybridized carbons (Fsp3) is 0.200. The van der Waals surface area contributed by atoms with Crippen molar-refractivity contribution in [3.8, 4) is 17.2 Å². The number of hydrogen-bond donors (Lipinski definition) is 1. The van der Waals surface area contributed by atoms with Crippen molar-refractivity contribution in [2.45, 2.75) is 34.0 Å². The SMILES string of the molecule is Cc1cccc(COc2cc(N(C)C)ccc2/C=N/NC(=O)c2ccc(COc3ccc(-n4c(C)ccc4C)cc3)o2)c1. The highest BCUT2D eigenvalue weighted by Crippen LogP contribution is 2.25. The van der Waals surface area contributed by atoms with E-state index >= 15 is 0 Å². The van der Waals surface area contributed by atoms with E-state index in [9.17, 15) is 4.79 Å². The van der Waals surface area contributed by atoms with Crippen molar-refractivity contribution in [1.29, 1.82) is 0 Å². The van der Waals surface area contributed by atoms with Gasteiger partial charge in [0.2, 0.25) is 0 Å². The predicted octanol–water partition coefficient (Wildman–Crippen LogP) is 6.98. The molecule has 0 aliphatic carbocycles. The number of furan rings is 1. The number of aryl methyl sites for hydroxylation is 3. The molecule has 0 spiro atoms. The minimum absolute atomic E-state index is 0.142. The van der Waals surface area contributed by atoms with E-state index in [1.165, 1.54) is 17.0 Å².